The van der Waals surface area contributed by atoms with E-state index < -0.39 is 0 Å². The second kappa shape index (κ2) is 2.96. The third kappa shape index (κ3) is 1.14. The van der Waals surface area contributed by atoms with Gasteiger partial charge in [-0.3, -0.25) is 0 Å². The molecule has 0 atom stereocenters. The molecule has 0 fully saturated rings. The van der Waals surface area contributed by atoms with Crippen molar-refractivity contribution in [2.45, 2.75) is 0 Å². The second-order valence-electron chi connectivity index (χ2n) is 3.07. The molecular formula is C11H7NOS. The maximum atomic E-state index is 5.33. The molecule has 0 bridgehead atoms. The lowest BCUT2D eigenvalue weighted by atomic mass is 10.1. The first-order chi connectivity index (χ1) is 6.93. The number of furan rings is 1. The van der Waals surface area contributed by atoms with E-state index in [9.17, 15) is 0 Å². The van der Waals surface area contributed by atoms with Gasteiger partial charge in [-0.25, -0.2) is 0 Å². The lowest BCUT2D eigenvalue weighted by molar-refractivity contribution is 0.582. The van der Waals surface area contributed by atoms with E-state index in [0.717, 1.165) is 16.8 Å². The molecule has 1 aromatic carbocycles. The van der Waals surface area contributed by atoms with Gasteiger partial charge in [-0.15, -0.1) is 0 Å². The van der Waals surface area contributed by atoms with Gasteiger partial charge in [0, 0.05) is 16.3 Å². The molecule has 2 heterocycles. The van der Waals surface area contributed by atoms with Gasteiger partial charge in [-0.2, -0.15) is 4.37 Å². The van der Waals surface area contributed by atoms with Crippen molar-refractivity contribution in [1.29, 1.82) is 0 Å². The summed E-state index contributed by atoms with van der Waals surface area (Å²) in [5.74, 6) is 0.901. The van der Waals surface area contributed by atoms with Crippen LogP contribution in [0.1, 0.15) is 0 Å². The van der Waals surface area contributed by atoms with Crippen LogP contribution in [0.15, 0.2) is 46.4 Å². The number of nitrogens with zero attached hydrogens (tertiary/aromatic N) is 1. The van der Waals surface area contributed by atoms with Crippen molar-refractivity contribution in [3.8, 4) is 11.3 Å². The highest BCUT2D eigenvalue weighted by molar-refractivity contribution is 7.04. The van der Waals surface area contributed by atoms with Gasteiger partial charge < -0.3 is 4.42 Å². The molecule has 0 radical (unpaired) electrons. The highest BCUT2D eigenvalue weighted by Gasteiger charge is 2.02. The number of hydrogen-bond donors (Lipinski definition) is 0. The Bertz CT molecular complexity index is 553. The minimum atomic E-state index is 0.901. The summed E-state index contributed by atoms with van der Waals surface area (Å²) < 4.78 is 9.58. The zero-order valence-corrected chi connectivity index (χ0v) is 8.12. The molecule has 0 saturated heterocycles. The van der Waals surface area contributed by atoms with Gasteiger partial charge >= 0.3 is 0 Å². The fourth-order valence-electron chi connectivity index (χ4n) is 1.47. The van der Waals surface area contributed by atoms with Crippen LogP contribution in [-0.4, -0.2) is 4.37 Å². The first-order valence-corrected chi connectivity index (χ1v) is 5.15. The Morgan fingerprint density at radius 3 is 3.07 bits per heavy atom. The molecule has 0 aliphatic heterocycles. The third-order valence-electron chi connectivity index (χ3n) is 2.16. The monoisotopic (exact) mass is 201 g/mol. The zero-order chi connectivity index (χ0) is 9.38. The van der Waals surface area contributed by atoms with Crippen molar-refractivity contribution >= 4 is 22.4 Å². The van der Waals surface area contributed by atoms with Crippen molar-refractivity contribution in [1.82, 2.24) is 4.37 Å². The van der Waals surface area contributed by atoms with E-state index >= 15 is 0 Å². The molecule has 0 aliphatic rings. The highest BCUT2D eigenvalue weighted by atomic mass is 32.1. The van der Waals surface area contributed by atoms with E-state index in [2.05, 4.69) is 10.4 Å². The topological polar surface area (TPSA) is 26.0 Å². The van der Waals surface area contributed by atoms with Crippen molar-refractivity contribution in [3.05, 3.63) is 42.0 Å². The number of rotatable bonds is 1. The molecule has 0 aliphatic carbocycles. The Labute approximate surface area is 85.0 Å². The zero-order valence-electron chi connectivity index (χ0n) is 7.31. The molecule has 3 aromatic rings. The number of benzene rings is 1. The smallest absolute Gasteiger partial charge is 0.133 e. The van der Waals surface area contributed by atoms with Gasteiger partial charge in [0.2, 0.25) is 0 Å². The van der Waals surface area contributed by atoms with Crippen LogP contribution in [0.4, 0.5) is 0 Å². The quantitative estimate of drug-likeness (QED) is 0.601. The number of fused-ring (bicyclic) bond motifs is 1. The summed E-state index contributed by atoms with van der Waals surface area (Å²) >= 11 is 1.48. The average Bonchev–Trinajstić information content (AvgIpc) is 2.88. The standard InChI is InChI=1S/C11H7NOS/c1-2-11(13-5-1)8-3-4-10-9(6-8)7-14-12-10/h1-7H. The third-order valence-corrected chi connectivity index (χ3v) is 2.83. The lowest BCUT2D eigenvalue weighted by Crippen LogP contribution is -1.73. The molecule has 68 valence electrons. The van der Waals surface area contributed by atoms with E-state index in [4.69, 9.17) is 4.42 Å². The van der Waals surface area contributed by atoms with E-state index in [1.54, 1.807) is 6.26 Å². The van der Waals surface area contributed by atoms with E-state index in [0.29, 0.717) is 0 Å². The van der Waals surface area contributed by atoms with Crippen LogP contribution in [0.5, 0.6) is 0 Å². The SMILES string of the molecule is c1coc(-c2ccc3nscc3c2)c1. The molecule has 0 spiro atoms. The van der Waals surface area contributed by atoms with Crippen molar-refractivity contribution < 1.29 is 4.42 Å². The molecule has 3 rings (SSSR count). The Morgan fingerprint density at radius 1 is 1.21 bits per heavy atom. The van der Waals surface area contributed by atoms with Crippen molar-refractivity contribution in [2.24, 2.45) is 0 Å². The van der Waals surface area contributed by atoms with Crippen LogP contribution < -0.4 is 0 Å². The maximum Gasteiger partial charge on any atom is 0.133 e. The van der Waals surface area contributed by atoms with Gasteiger partial charge in [-0.1, -0.05) is 0 Å². The summed E-state index contributed by atoms with van der Waals surface area (Å²) in [5.41, 5.74) is 2.15. The van der Waals surface area contributed by atoms with Crippen molar-refractivity contribution in [3.63, 3.8) is 0 Å². The Kier molecular flexibility index (Phi) is 1.64. The van der Waals surface area contributed by atoms with Gasteiger partial charge in [0.1, 0.15) is 5.76 Å². The minimum Gasteiger partial charge on any atom is -0.464 e. The van der Waals surface area contributed by atoms with Crippen LogP contribution in [0.3, 0.4) is 0 Å². The van der Waals surface area contributed by atoms with Gasteiger partial charge in [0.05, 0.1) is 11.8 Å². The molecule has 14 heavy (non-hydrogen) atoms. The van der Waals surface area contributed by atoms with Gasteiger partial charge in [0.15, 0.2) is 0 Å². The van der Waals surface area contributed by atoms with E-state index in [1.165, 1.54) is 16.9 Å². The van der Waals surface area contributed by atoms with E-state index in [-0.39, 0.29) is 0 Å². The molecular weight excluding hydrogens is 194 g/mol. The summed E-state index contributed by atoms with van der Waals surface area (Å²) in [6.45, 7) is 0. The molecule has 0 amide bonds. The number of hydrogen-bond acceptors (Lipinski definition) is 3. The Hall–Kier alpha value is -1.61. The van der Waals surface area contributed by atoms with Crippen LogP contribution in [0, 0.1) is 0 Å². The van der Waals surface area contributed by atoms with Gasteiger partial charge in [0.25, 0.3) is 0 Å². The predicted octanol–water partition coefficient (Wildman–Crippen LogP) is 3.56. The average molecular weight is 201 g/mol. The van der Waals surface area contributed by atoms with Crippen LogP contribution >= 0.6 is 11.5 Å². The van der Waals surface area contributed by atoms with Gasteiger partial charge in [-0.05, 0) is 41.9 Å². The molecule has 2 aromatic heterocycles. The van der Waals surface area contributed by atoms with E-state index in [1.807, 2.05) is 29.6 Å². The summed E-state index contributed by atoms with van der Waals surface area (Å²) in [5, 5.41) is 3.21. The number of aromatic nitrogens is 1. The minimum absolute atomic E-state index is 0.901. The molecule has 2 nitrogen and oxygen atoms in total. The maximum absolute atomic E-state index is 5.33. The predicted molar refractivity (Wildman–Crippen MR) is 57.3 cm³/mol. The lowest BCUT2D eigenvalue weighted by Gasteiger charge is -1.95. The first-order valence-electron chi connectivity index (χ1n) is 4.31. The molecule has 3 heteroatoms. The fraction of sp³-hybridized carbons (Fsp3) is 0. The van der Waals surface area contributed by atoms with Crippen LogP contribution in [-0.2, 0) is 0 Å². The summed E-state index contributed by atoms with van der Waals surface area (Å²) in [4.78, 5) is 0. The molecule has 0 saturated carbocycles. The molecule has 0 N–H and O–H groups in total. The molecule has 0 unspecified atom stereocenters. The normalized spacial score (nSPS) is 10.9. The Balaban J connectivity index is 2.23. The fourth-order valence-corrected chi connectivity index (χ4v) is 2.10. The largest absolute Gasteiger partial charge is 0.464 e. The van der Waals surface area contributed by atoms with Crippen LogP contribution in [0.2, 0.25) is 0 Å². The summed E-state index contributed by atoms with van der Waals surface area (Å²) in [7, 11) is 0. The summed E-state index contributed by atoms with van der Waals surface area (Å²) in [6.07, 6.45) is 1.69. The highest BCUT2D eigenvalue weighted by Crippen LogP contribution is 2.24. The van der Waals surface area contributed by atoms with Crippen molar-refractivity contribution in [2.75, 3.05) is 0 Å². The van der Waals surface area contributed by atoms with Crippen LogP contribution in [0.25, 0.3) is 22.2 Å². The second-order valence-corrected chi connectivity index (χ2v) is 3.69. The Morgan fingerprint density at radius 2 is 2.21 bits per heavy atom. The first kappa shape index (κ1) is 7.76. The summed E-state index contributed by atoms with van der Waals surface area (Å²) in [6, 6.07) is 9.99.